The quantitative estimate of drug-likeness (QED) is 0.829. The molecule has 7 heteroatoms. The van der Waals surface area contributed by atoms with E-state index >= 15 is 0 Å². The standard InChI is InChI=1S/C17H13ClFNO4/c1-3-8-17(2,16(21)22)24-13-6-4-12(5-7-13)23-15-14(18)9-11(19)10-20-15/h4-7,9-10H,1-2H3,(H,21,22)/t17-/m1/s1. The van der Waals surface area contributed by atoms with E-state index in [-0.39, 0.29) is 10.9 Å². The van der Waals surface area contributed by atoms with Crippen molar-refractivity contribution in [2.45, 2.75) is 19.4 Å². The number of pyridine rings is 1. The zero-order chi connectivity index (χ0) is 17.7. The lowest BCUT2D eigenvalue weighted by Gasteiger charge is -2.20. The second-order valence-corrected chi connectivity index (χ2v) is 5.24. The summed E-state index contributed by atoms with van der Waals surface area (Å²) in [7, 11) is 0. The first kappa shape index (κ1) is 17.6. The number of carboxylic acids is 1. The summed E-state index contributed by atoms with van der Waals surface area (Å²) in [4.78, 5) is 15.0. The number of nitrogens with zero attached hydrogens (tertiary/aromatic N) is 1. The third kappa shape index (κ3) is 4.15. The average molecular weight is 350 g/mol. The Morgan fingerprint density at radius 1 is 1.33 bits per heavy atom. The Kier molecular flexibility index (Phi) is 5.27. The average Bonchev–Trinajstić information content (AvgIpc) is 2.52. The van der Waals surface area contributed by atoms with Crippen LogP contribution in [0.15, 0.2) is 36.5 Å². The Labute approximate surface area is 143 Å². The van der Waals surface area contributed by atoms with Crippen molar-refractivity contribution in [1.29, 1.82) is 0 Å². The fourth-order valence-electron chi connectivity index (χ4n) is 1.76. The van der Waals surface area contributed by atoms with Crippen LogP contribution in [0.4, 0.5) is 4.39 Å². The summed E-state index contributed by atoms with van der Waals surface area (Å²) >= 11 is 5.83. The molecule has 0 saturated carbocycles. The van der Waals surface area contributed by atoms with Gasteiger partial charge in [-0.2, -0.15) is 0 Å². The van der Waals surface area contributed by atoms with Gasteiger partial charge in [0.15, 0.2) is 0 Å². The van der Waals surface area contributed by atoms with Crippen molar-refractivity contribution in [2.75, 3.05) is 0 Å². The number of aromatic nitrogens is 1. The highest BCUT2D eigenvalue weighted by Gasteiger charge is 2.33. The van der Waals surface area contributed by atoms with Gasteiger partial charge in [0.1, 0.15) is 22.3 Å². The van der Waals surface area contributed by atoms with Crippen LogP contribution in [0.2, 0.25) is 5.02 Å². The van der Waals surface area contributed by atoms with E-state index in [4.69, 9.17) is 21.1 Å². The number of hydrogen-bond acceptors (Lipinski definition) is 4. The van der Waals surface area contributed by atoms with E-state index in [1.807, 2.05) is 0 Å². The monoisotopic (exact) mass is 349 g/mol. The van der Waals surface area contributed by atoms with Crippen LogP contribution in [-0.4, -0.2) is 21.7 Å². The molecule has 0 bridgehead atoms. The van der Waals surface area contributed by atoms with Gasteiger partial charge in [0.25, 0.3) is 5.60 Å². The van der Waals surface area contributed by atoms with Crippen LogP contribution >= 0.6 is 11.6 Å². The fourth-order valence-corrected chi connectivity index (χ4v) is 1.95. The second kappa shape index (κ2) is 7.20. The van der Waals surface area contributed by atoms with Gasteiger partial charge in [0, 0.05) is 0 Å². The zero-order valence-corrected chi connectivity index (χ0v) is 13.6. The number of carboxylic acid groups (broad SMARTS) is 1. The summed E-state index contributed by atoms with van der Waals surface area (Å²) in [6.07, 6.45) is 0.987. The van der Waals surface area contributed by atoms with Crippen LogP contribution < -0.4 is 9.47 Å². The number of halogens is 2. The van der Waals surface area contributed by atoms with Gasteiger partial charge in [-0.25, -0.2) is 14.2 Å². The number of hydrogen-bond donors (Lipinski definition) is 1. The smallest absolute Gasteiger partial charge is 0.360 e. The van der Waals surface area contributed by atoms with Gasteiger partial charge >= 0.3 is 5.97 Å². The van der Waals surface area contributed by atoms with Gasteiger partial charge in [0.05, 0.1) is 6.20 Å². The number of rotatable bonds is 5. The van der Waals surface area contributed by atoms with E-state index in [2.05, 4.69) is 16.8 Å². The summed E-state index contributed by atoms with van der Waals surface area (Å²) in [6, 6.07) is 7.20. The molecule has 0 unspecified atom stereocenters. The minimum absolute atomic E-state index is 0.0343. The molecule has 0 fully saturated rings. The van der Waals surface area contributed by atoms with Crippen LogP contribution in [0, 0.1) is 17.7 Å². The molecule has 1 N–H and O–H groups in total. The van der Waals surface area contributed by atoms with Gasteiger partial charge in [-0.1, -0.05) is 11.6 Å². The van der Waals surface area contributed by atoms with Gasteiger partial charge in [0.2, 0.25) is 5.88 Å². The first-order valence-corrected chi connectivity index (χ1v) is 7.17. The van der Waals surface area contributed by atoms with Crippen LogP contribution in [0.5, 0.6) is 17.4 Å². The number of aliphatic carboxylic acids is 1. The second-order valence-electron chi connectivity index (χ2n) is 4.83. The molecule has 0 aliphatic rings. The molecule has 2 rings (SSSR count). The van der Waals surface area contributed by atoms with Crippen molar-refractivity contribution in [3.63, 3.8) is 0 Å². The summed E-state index contributed by atoms with van der Waals surface area (Å²) < 4.78 is 23.8. The molecule has 0 aliphatic heterocycles. The van der Waals surface area contributed by atoms with Gasteiger partial charge < -0.3 is 14.6 Å². The van der Waals surface area contributed by atoms with E-state index < -0.39 is 17.4 Å². The van der Waals surface area contributed by atoms with Crippen molar-refractivity contribution < 1.29 is 23.8 Å². The minimum Gasteiger partial charge on any atom is -0.478 e. The molecular formula is C17H13ClFNO4. The third-order valence-corrected chi connectivity index (χ3v) is 3.18. The van der Waals surface area contributed by atoms with E-state index in [9.17, 15) is 14.3 Å². The van der Waals surface area contributed by atoms with Crippen LogP contribution in [0.25, 0.3) is 0 Å². The summed E-state index contributed by atoms with van der Waals surface area (Å²) in [5.74, 6) is 4.01. The summed E-state index contributed by atoms with van der Waals surface area (Å²) in [6.45, 7) is 2.89. The maximum absolute atomic E-state index is 12.9. The molecule has 0 amide bonds. The molecule has 124 valence electrons. The van der Waals surface area contributed by atoms with Crippen LogP contribution in [-0.2, 0) is 4.79 Å². The first-order chi connectivity index (χ1) is 11.3. The number of ether oxygens (including phenoxy) is 2. The molecule has 2 aromatic rings. The van der Waals surface area contributed by atoms with E-state index in [1.54, 1.807) is 12.1 Å². The van der Waals surface area contributed by atoms with Crippen molar-refractivity contribution in [2.24, 2.45) is 0 Å². The van der Waals surface area contributed by atoms with Crippen molar-refractivity contribution >= 4 is 17.6 Å². The Balaban J connectivity index is 2.15. The maximum Gasteiger partial charge on any atom is 0.360 e. The molecule has 1 heterocycles. The van der Waals surface area contributed by atoms with Crippen molar-refractivity contribution in [3.05, 3.63) is 47.4 Å². The number of carbonyl (C=O) groups is 1. The lowest BCUT2D eigenvalue weighted by Crippen LogP contribution is -2.39. The van der Waals surface area contributed by atoms with E-state index in [0.29, 0.717) is 11.5 Å². The molecule has 1 aromatic carbocycles. The maximum atomic E-state index is 12.9. The Bertz CT molecular complexity index is 814. The van der Waals surface area contributed by atoms with E-state index in [1.165, 1.54) is 26.0 Å². The molecular weight excluding hydrogens is 337 g/mol. The molecule has 0 aliphatic carbocycles. The SMILES string of the molecule is CC#C[C@@](C)(Oc1ccc(Oc2ncc(F)cc2Cl)cc1)C(=O)O. The Morgan fingerprint density at radius 3 is 2.50 bits per heavy atom. The van der Waals surface area contributed by atoms with Gasteiger partial charge in [-0.3, -0.25) is 0 Å². The summed E-state index contributed by atoms with van der Waals surface area (Å²) in [5.41, 5.74) is -1.65. The van der Waals surface area contributed by atoms with Crippen LogP contribution in [0.3, 0.4) is 0 Å². The van der Waals surface area contributed by atoms with Crippen molar-refractivity contribution in [1.82, 2.24) is 4.98 Å². The minimum atomic E-state index is -1.65. The lowest BCUT2D eigenvalue weighted by molar-refractivity contribution is -0.149. The van der Waals surface area contributed by atoms with Crippen molar-refractivity contribution in [3.8, 4) is 29.2 Å². The lowest BCUT2D eigenvalue weighted by atomic mass is 10.1. The molecule has 0 spiro atoms. The zero-order valence-electron chi connectivity index (χ0n) is 12.8. The third-order valence-electron chi connectivity index (χ3n) is 2.91. The Morgan fingerprint density at radius 2 is 1.96 bits per heavy atom. The highest BCUT2D eigenvalue weighted by Crippen LogP contribution is 2.29. The normalized spacial score (nSPS) is 12.5. The predicted octanol–water partition coefficient (Wildman–Crippen LogP) is 3.91. The van der Waals surface area contributed by atoms with Crippen LogP contribution in [0.1, 0.15) is 13.8 Å². The number of benzene rings is 1. The molecule has 1 aromatic heterocycles. The molecule has 5 nitrogen and oxygen atoms in total. The summed E-state index contributed by atoms with van der Waals surface area (Å²) in [5, 5.41) is 9.26. The molecule has 1 atom stereocenters. The van der Waals surface area contributed by atoms with Gasteiger partial charge in [-0.05, 0) is 50.1 Å². The largest absolute Gasteiger partial charge is 0.478 e. The highest BCUT2D eigenvalue weighted by molar-refractivity contribution is 6.31. The van der Waals surface area contributed by atoms with Gasteiger partial charge in [-0.15, -0.1) is 5.92 Å². The van der Waals surface area contributed by atoms with E-state index in [0.717, 1.165) is 12.3 Å². The topological polar surface area (TPSA) is 68.7 Å². The predicted molar refractivity (Wildman–Crippen MR) is 85.8 cm³/mol. The fraction of sp³-hybridized carbons (Fsp3) is 0.176. The highest BCUT2D eigenvalue weighted by atomic mass is 35.5. The molecule has 24 heavy (non-hydrogen) atoms. The molecule has 0 radical (unpaired) electrons. The molecule has 0 saturated heterocycles. The first-order valence-electron chi connectivity index (χ1n) is 6.79. The Hall–Kier alpha value is -2.78.